The lowest BCUT2D eigenvalue weighted by Gasteiger charge is -2.08. The van der Waals surface area contributed by atoms with Crippen LogP contribution in [0.4, 0.5) is 11.4 Å². The second-order valence-electron chi connectivity index (χ2n) is 7.05. The van der Waals surface area contributed by atoms with Gasteiger partial charge in [0.1, 0.15) is 0 Å². The van der Waals surface area contributed by atoms with Crippen molar-refractivity contribution < 1.29 is 4.79 Å². The van der Waals surface area contributed by atoms with E-state index in [0.717, 1.165) is 42.8 Å². The monoisotopic (exact) mass is 619 g/mol. The molecule has 180 valence electrons. The van der Waals surface area contributed by atoms with Crippen LogP contribution >= 0.6 is 43.5 Å². The maximum Gasteiger partial charge on any atom is 0.151 e. The van der Waals surface area contributed by atoms with Gasteiger partial charge in [0.25, 0.3) is 0 Å². The molecule has 0 saturated carbocycles. The van der Waals surface area contributed by atoms with Crippen LogP contribution in [0, 0.1) is 23.7 Å². The Labute approximate surface area is 235 Å². The molecule has 0 atom stereocenters. The Bertz CT molecular complexity index is 1390. The highest BCUT2D eigenvalue weighted by Crippen LogP contribution is 2.21. The third-order valence-corrected chi connectivity index (χ3v) is 6.14. The molecule has 0 aliphatic carbocycles. The Morgan fingerprint density at radius 1 is 0.694 bits per heavy atom. The number of para-hydroxylation sites is 1. The molecule has 0 spiro atoms. The lowest BCUT2D eigenvalue weighted by Crippen LogP contribution is -1.92. The molecule has 0 radical (unpaired) electrons. The highest BCUT2D eigenvalue weighted by molar-refractivity contribution is 9.10. The van der Waals surface area contributed by atoms with Crippen molar-refractivity contribution >= 4 is 61.1 Å². The first-order chi connectivity index (χ1) is 17.5. The molecular formula is C31H24Br2ClNO. The van der Waals surface area contributed by atoms with Crippen molar-refractivity contribution in [3.05, 3.63) is 128 Å². The molecule has 0 aliphatic heterocycles. The number of hydrogen-bond donors (Lipinski definition) is 1. The average molecular weight is 622 g/mol. The third kappa shape index (κ3) is 10.1. The van der Waals surface area contributed by atoms with Crippen LogP contribution in [-0.4, -0.2) is 6.29 Å². The lowest BCUT2D eigenvalue weighted by molar-refractivity contribution is 0.112. The average Bonchev–Trinajstić information content (AvgIpc) is 2.89. The molecule has 0 saturated heterocycles. The predicted octanol–water partition coefficient (Wildman–Crippen LogP) is 9.54. The predicted molar refractivity (Wildman–Crippen MR) is 160 cm³/mol. The number of anilines is 2. The Kier molecular flexibility index (Phi) is 13.2. The summed E-state index contributed by atoms with van der Waals surface area (Å²) in [4.78, 5) is 10.2. The molecule has 0 amide bonds. The number of nitrogens with one attached hydrogen (secondary N) is 1. The van der Waals surface area contributed by atoms with Crippen molar-refractivity contribution in [3.8, 4) is 23.7 Å². The summed E-state index contributed by atoms with van der Waals surface area (Å²) in [6, 6.07) is 30.8. The molecule has 36 heavy (non-hydrogen) atoms. The highest BCUT2D eigenvalue weighted by atomic mass is 79.9. The van der Waals surface area contributed by atoms with Gasteiger partial charge in [-0.1, -0.05) is 81.8 Å². The van der Waals surface area contributed by atoms with Crippen LogP contribution in [0.2, 0.25) is 5.02 Å². The minimum atomic E-state index is 0.692. The van der Waals surface area contributed by atoms with Crippen molar-refractivity contribution in [1.82, 2.24) is 0 Å². The third-order valence-electron chi connectivity index (χ3n) is 4.48. The van der Waals surface area contributed by atoms with E-state index in [1.54, 1.807) is 6.07 Å². The molecule has 5 heteroatoms. The van der Waals surface area contributed by atoms with Gasteiger partial charge in [0.2, 0.25) is 0 Å². The van der Waals surface area contributed by atoms with E-state index in [9.17, 15) is 4.79 Å². The first-order valence-corrected chi connectivity index (χ1v) is 12.9. The molecule has 1 N–H and O–H groups in total. The van der Waals surface area contributed by atoms with Crippen LogP contribution < -0.4 is 5.32 Å². The largest absolute Gasteiger partial charge is 0.355 e. The molecule has 2 nitrogen and oxygen atoms in total. The lowest BCUT2D eigenvalue weighted by atomic mass is 10.1. The summed E-state index contributed by atoms with van der Waals surface area (Å²) in [5.74, 6) is 11.8. The quantitative estimate of drug-likeness (QED) is 0.182. The van der Waals surface area contributed by atoms with Gasteiger partial charge in [-0.25, -0.2) is 0 Å². The number of carbonyl (C=O) groups excluding carboxylic acids is 1. The number of carbonyl (C=O) groups is 1. The molecule has 4 aromatic carbocycles. The summed E-state index contributed by atoms with van der Waals surface area (Å²) in [7, 11) is 0. The molecule has 0 bridgehead atoms. The van der Waals surface area contributed by atoms with Crippen molar-refractivity contribution in [2.45, 2.75) is 13.8 Å². The summed E-state index contributed by atoms with van der Waals surface area (Å²) in [5, 5.41) is 4.06. The Morgan fingerprint density at radius 3 is 1.78 bits per heavy atom. The number of hydrogen-bond acceptors (Lipinski definition) is 2. The molecule has 0 aromatic heterocycles. The number of rotatable bonds is 3. The van der Waals surface area contributed by atoms with Gasteiger partial charge in [0, 0.05) is 36.3 Å². The summed E-state index contributed by atoms with van der Waals surface area (Å²) < 4.78 is 1.91. The smallest absolute Gasteiger partial charge is 0.151 e. The van der Waals surface area contributed by atoms with E-state index in [4.69, 9.17) is 11.6 Å². The van der Waals surface area contributed by atoms with E-state index in [1.807, 2.05) is 105 Å². The molecule has 0 unspecified atom stereocenters. The summed E-state index contributed by atoms with van der Waals surface area (Å²) in [6.07, 6.45) is 0.823. The zero-order chi connectivity index (χ0) is 26.2. The minimum absolute atomic E-state index is 0.692. The van der Waals surface area contributed by atoms with Gasteiger partial charge in [-0.2, -0.15) is 0 Å². The van der Waals surface area contributed by atoms with Crippen LogP contribution in [0.25, 0.3) is 0 Å². The number of aldehydes is 1. The van der Waals surface area contributed by atoms with E-state index in [0.29, 0.717) is 5.56 Å². The first-order valence-electron chi connectivity index (χ1n) is 10.9. The van der Waals surface area contributed by atoms with Gasteiger partial charge in [-0.3, -0.25) is 4.79 Å². The second-order valence-corrected chi connectivity index (χ2v) is 9.19. The van der Waals surface area contributed by atoms with E-state index in [-0.39, 0.29) is 0 Å². The van der Waals surface area contributed by atoms with E-state index < -0.39 is 0 Å². The van der Waals surface area contributed by atoms with Gasteiger partial charge in [-0.15, -0.1) is 11.8 Å². The van der Waals surface area contributed by atoms with Crippen LogP contribution in [0.15, 0.2) is 106 Å². The van der Waals surface area contributed by atoms with E-state index in [1.165, 1.54) is 0 Å². The van der Waals surface area contributed by atoms with Crippen molar-refractivity contribution in [2.24, 2.45) is 0 Å². The van der Waals surface area contributed by atoms with Crippen LogP contribution in [0.3, 0.4) is 0 Å². The maximum absolute atomic E-state index is 10.2. The summed E-state index contributed by atoms with van der Waals surface area (Å²) in [6.45, 7) is 3.67. The van der Waals surface area contributed by atoms with Gasteiger partial charge in [0.15, 0.2) is 6.29 Å². The van der Waals surface area contributed by atoms with Crippen molar-refractivity contribution in [2.75, 3.05) is 5.32 Å². The molecule has 4 aromatic rings. The van der Waals surface area contributed by atoms with E-state index >= 15 is 0 Å². The Morgan fingerprint density at radius 2 is 1.22 bits per heavy atom. The highest BCUT2D eigenvalue weighted by Gasteiger charge is 1.99. The number of halogens is 3. The van der Waals surface area contributed by atoms with Gasteiger partial charge >= 0.3 is 0 Å². The zero-order valence-electron chi connectivity index (χ0n) is 19.9. The molecule has 0 heterocycles. The summed E-state index contributed by atoms with van der Waals surface area (Å²) in [5.41, 5.74) is 4.73. The molecule has 0 aliphatic rings. The van der Waals surface area contributed by atoms with Gasteiger partial charge in [0.05, 0.1) is 5.69 Å². The SMILES string of the molecule is CC#Cc1ccccc1Br.CC#Cc1ccccc1Nc1ccc(Cl)cc1.O=Cc1ccccc1Br. The number of benzene rings is 4. The topological polar surface area (TPSA) is 29.1 Å². The van der Waals surface area contributed by atoms with Crippen LogP contribution in [0.1, 0.15) is 35.3 Å². The summed E-state index contributed by atoms with van der Waals surface area (Å²) >= 11 is 12.5. The first kappa shape index (κ1) is 29.0. The fraction of sp³-hybridized carbons (Fsp3) is 0.0645. The van der Waals surface area contributed by atoms with Crippen molar-refractivity contribution in [3.63, 3.8) is 0 Å². The standard InChI is InChI=1S/C15H12ClN.C9H7Br.C7H5BrO/c1-2-5-12-6-3-4-7-15(12)17-14-10-8-13(16)9-11-14;1-2-5-8-6-3-4-7-9(8)10;8-7-4-2-1-3-6(7)5-9/h3-4,6-11,17H,1H3;3-4,6-7H,1H3;1-5H. The normalized spacial score (nSPS) is 8.92. The molecular weight excluding hydrogens is 598 g/mol. The fourth-order valence-electron chi connectivity index (χ4n) is 2.79. The Balaban J connectivity index is 0.000000205. The van der Waals surface area contributed by atoms with Gasteiger partial charge in [-0.05, 0) is 84.4 Å². The second kappa shape index (κ2) is 16.4. The van der Waals surface area contributed by atoms with Crippen molar-refractivity contribution in [1.29, 1.82) is 0 Å². The minimum Gasteiger partial charge on any atom is -0.355 e. The molecule has 0 fully saturated rings. The maximum atomic E-state index is 10.2. The molecule has 4 rings (SSSR count). The zero-order valence-corrected chi connectivity index (χ0v) is 23.8. The fourth-order valence-corrected chi connectivity index (χ4v) is 3.68. The van der Waals surface area contributed by atoms with Gasteiger partial charge < -0.3 is 5.32 Å². The Hall–Kier alpha value is -3.28. The van der Waals surface area contributed by atoms with Crippen LogP contribution in [-0.2, 0) is 0 Å². The van der Waals surface area contributed by atoms with Crippen LogP contribution in [0.5, 0.6) is 0 Å². The van der Waals surface area contributed by atoms with E-state index in [2.05, 4.69) is 60.9 Å².